The molecule has 174 valence electrons. The van der Waals surface area contributed by atoms with Crippen molar-refractivity contribution in [2.45, 2.75) is 13.0 Å². The molecule has 0 unspecified atom stereocenters. The number of sulfone groups is 1. The van der Waals surface area contributed by atoms with Gasteiger partial charge in [0.1, 0.15) is 5.82 Å². The molecule has 12 heteroatoms. The number of rotatable bonds is 5. The minimum absolute atomic E-state index is 0.00455. The molecule has 0 aliphatic carbocycles. The smallest absolute Gasteiger partial charge is 0.324 e. The van der Waals surface area contributed by atoms with E-state index in [-0.39, 0.29) is 42.7 Å². The van der Waals surface area contributed by atoms with Crippen molar-refractivity contribution in [3.8, 4) is 11.5 Å². The number of hydrogen-bond acceptors (Lipinski definition) is 6. The van der Waals surface area contributed by atoms with E-state index >= 15 is 0 Å². The van der Waals surface area contributed by atoms with E-state index in [2.05, 4.69) is 10.2 Å². The maximum Gasteiger partial charge on any atom is 0.324 e. The molecule has 1 aromatic heterocycles. The Morgan fingerprint density at radius 2 is 1.73 bits per heavy atom. The zero-order valence-corrected chi connectivity index (χ0v) is 18.0. The molecule has 1 saturated heterocycles. The summed E-state index contributed by atoms with van der Waals surface area (Å²) in [7, 11) is -3.19. The molecular weight excluding hydrogens is 461 g/mol. The first-order valence-electron chi connectivity index (χ1n) is 9.96. The van der Waals surface area contributed by atoms with Crippen LogP contribution < -0.4 is 4.90 Å². The predicted molar refractivity (Wildman–Crippen MR) is 113 cm³/mol. The van der Waals surface area contributed by atoms with Crippen LogP contribution in [0.4, 0.5) is 23.7 Å². The van der Waals surface area contributed by atoms with Gasteiger partial charge in [0.2, 0.25) is 5.89 Å². The second-order valence-electron chi connectivity index (χ2n) is 7.40. The number of anilines is 1. The van der Waals surface area contributed by atoms with Crippen molar-refractivity contribution in [1.29, 1.82) is 0 Å². The van der Waals surface area contributed by atoms with Crippen molar-refractivity contribution in [1.82, 2.24) is 15.1 Å². The summed E-state index contributed by atoms with van der Waals surface area (Å²) < 4.78 is 68.3. The van der Waals surface area contributed by atoms with Crippen molar-refractivity contribution in [3.63, 3.8) is 0 Å². The monoisotopic (exact) mass is 480 g/mol. The van der Waals surface area contributed by atoms with Gasteiger partial charge in [-0.1, -0.05) is 24.3 Å². The summed E-state index contributed by atoms with van der Waals surface area (Å²) in [6, 6.07) is 11.7. The summed E-state index contributed by atoms with van der Waals surface area (Å²) in [6.07, 6.45) is -2.88. The van der Waals surface area contributed by atoms with Crippen LogP contribution in [-0.4, -0.2) is 54.1 Å². The van der Waals surface area contributed by atoms with Crippen molar-refractivity contribution < 1.29 is 30.8 Å². The topological polar surface area (TPSA) is 96.6 Å². The highest BCUT2D eigenvalue weighted by Crippen LogP contribution is 2.26. The molecule has 2 heterocycles. The van der Waals surface area contributed by atoms with Gasteiger partial charge in [-0.05, 0) is 29.8 Å². The minimum atomic E-state index is -3.19. The highest BCUT2D eigenvalue weighted by Gasteiger charge is 2.30. The zero-order chi connectivity index (χ0) is 23.6. The van der Waals surface area contributed by atoms with Crippen molar-refractivity contribution in [2.24, 2.45) is 0 Å². The molecule has 0 radical (unpaired) electrons. The second kappa shape index (κ2) is 9.22. The van der Waals surface area contributed by atoms with Crippen LogP contribution in [0.5, 0.6) is 0 Å². The first-order chi connectivity index (χ1) is 15.7. The van der Waals surface area contributed by atoms with Gasteiger partial charge in [-0.3, -0.25) is 4.90 Å². The SMILES string of the molecule is O=C(N1CCS(=O)(=O)CC1)N(Cc1ccc(-c2nnc(C(F)F)o2)cc1)c1ccccc1F. The van der Waals surface area contributed by atoms with Crippen LogP contribution in [0.3, 0.4) is 0 Å². The van der Waals surface area contributed by atoms with Crippen molar-refractivity contribution >= 4 is 21.6 Å². The van der Waals surface area contributed by atoms with Gasteiger partial charge in [0.15, 0.2) is 9.84 Å². The van der Waals surface area contributed by atoms with Gasteiger partial charge in [-0.2, -0.15) is 8.78 Å². The standard InChI is InChI=1S/C21H19F3N4O4S/c22-16-3-1-2-4-17(16)28(21(29)27-9-11-33(30,31)12-10-27)13-14-5-7-15(8-6-14)19-25-26-20(32-19)18(23)24/h1-8,18H,9-13H2. The third-order valence-corrected chi connectivity index (χ3v) is 6.77. The summed E-state index contributed by atoms with van der Waals surface area (Å²) in [4.78, 5) is 15.8. The Labute approximate surface area is 187 Å². The number of carbonyl (C=O) groups is 1. The summed E-state index contributed by atoms with van der Waals surface area (Å²) in [5.74, 6) is -1.76. The number of urea groups is 1. The van der Waals surface area contributed by atoms with Crippen molar-refractivity contribution in [3.05, 3.63) is 65.8 Å². The number of benzene rings is 2. The second-order valence-corrected chi connectivity index (χ2v) is 9.71. The zero-order valence-electron chi connectivity index (χ0n) is 17.2. The fraction of sp³-hybridized carbons (Fsp3) is 0.286. The normalized spacial score (nSPS) is 15.6. The van der Waals surface area contributed by atoms with Gasteiger partial charge in [-0.25, -0.2) is 17.6 Å². The van der Waals surface area contributed by atoms with Crippen LogP contribution >= 0.6 is 0 Å². The van der Waals surface area contributed by atoms with Crippen LogP contribution in [-0.2, 0) is 16.4 Å². The van der Waals surface area contributed by atoms with Crippen LogP contribution in [0.2, 0.25) is 0 Å². The van der Waals surface area contributed by atoms with Gasteiger partial charge in [-0.15, -0.1) is 10.2 Å². The quantitative estimate of drug-likeness (QED) is 0.553. The number of amides is 2. The molecule has 1 aliphatic rings. The molecule has 0 N–H and O–H groups in total. The molecule has 33 heavy (non-hydrogen) atoms. The number of alkyl halides is 2. The number of halogens is 3. The summed E-state index contributed by atoms with van der Waals surface area (Å²) in [5, 5.41) is 6.88. The van der Waals surface area contributed by atoms with Gasteiger partial charge < -0.3 is 9.32 Å². The number of hydrogen-bond donors (Lipinski definition) is 0. The Hall–Kier alpha value is -3.41. The largest absolute Gasteiger partial charge is 0.415 e. The molecule has 3 aromatic rings. The molecule has 2 aromatic carbocycles. The van der Waals surface area contributed by atoms with E-state index in [0.717, 1.165) is 0 Å². The number of aromatic nitrogens is 2. The van der Waals surface area contributed by atoms with Gasteiger partial charge >= 0.3 is 12.5 Å². The molecule has 1 fully saturated rings. The summed E-state index contributed by atoms with van der Waals surface area (Å²) in [6.45, 7) is 0.0405. The number of nitrogens with zero attached hydrogens (tertiary/aromatic N) is 4. The average Bonchev–Trinajstić information content (AvgIpc) is 3.29. The Balaban J connectivity index is 1.57. The molecule has 4 rings (SSSR count). The fourth-order valence-corrected chi connectivity index (χ4v) is 4.58. The van der Waals surface area contributed by atoms with Gasteiger partial charge in [0.25, 0.3) is 5.89 Å². The van der Waals surface area contributed by atoms with Crippen LogP contribution in [0, 0.1) is 5.82 Å². The molecule has 8 nitrogen and oxygen atoms in total. The van der Waals surface area contributed by atoms with E-state index in [1.54, 1.807) is 30.3 Å². The highest BCUT2D eigenvalue weighted by molar-refractivity contribution is 7.91. The lowest BCUT2D eigenvalue weighted by molar-refractivity contribution is 0.116. The lowest BCUT2D eigenvalue weighted by Gasteiger charge is -2.33. The Morgan fingerprint density at radius 3 is 2.33 bits per heavy atom. The first-order valence-corrected chi connectivity index (χ1v) is 11.8. The summed E-state index contributed by atoms with van der Waals surface area (Å²) in [5.41, 5.74) is 1.08. The van der Waals surface area contributed by atoms with E-state index in [1.165, 1.54) is 28.0 Å². The maximum atomic E-state index is 14.5. The van der Waals surface area contributed by atoms with Gasteiger partial charge in [0.05, 0.1) is 23.7 Å². The lowest BCUT2D eigenvalue weighted by atomic mass is 10.1. The van der Waals surface area contributed by atoms with E-state index in [1.807, 2.05) is 0 Å². The van der Waals surface area contributed by atoms with E-state index < -0.39 is 34.0 Å². The minimum Gasteiger partial charge on any atom is -0.415 e. The fourth-order valence-electron chi connectivity index (χ4n) is 3.38. The van der Waals surface area contributed by atoms with Crippen LogP contribution in [0.15, 0.2) is 52.9 Å². The maximum absolute atomic E-state index is 14.5. The lowest BCUT2D eigenvalue weighted by Crippen LogP contribution is -2.50. The average molecular weight is 480 g/mol. The van der Waals surface area contributed by atoms with Crippen LogP contribution in [0.25, 0.3) is 11.5 Å². The Morgan fingerprint density at radius 1 is 1.06 bits per heavy atom. The Kier molecular flexibility index (Phi) is 6.36. The summed E-state index contributed by atoms with van der Waals surface area (Å²) >= 11 is 0. The molecule has 1 aliphatic heterocycles. The Bertz CT molecular complexity index is 1230. The van der Waals surface area contributed by atoms with Gasteiger partial charge in [0, 0.05) is 18.7 Å². The molecule has 0 bridgehead atoms. The van der Waals surface area contributed by atoms with E-state index in [4.69, 9.17) is 4.42 Å². The van der Waals surface area contributed by atoms with Crippen LogP contribution in [0.1, 0.15) is 17.9 Å². The predicted octanol–water partition coefficient (Wildman–Crippen LogP) is 3.67. The molecular formula is C21H19F3N4O4S. The first kappa shape index (κ1) is 22.8. The van der Waals surface area contributed by atoms with Crippen molar-refractivity contribution in [2.75, 3.05) is 29.5 Å². The molecule has 0 spiro atoms. The van der Waals surface area contributed by atoms with E-state index in [9.17, 15) is 26.4 Å². The molecule has 2 amide bonds. The molecule has 0 atom stereocenters. The molecule has 0 saturated carbocycles. The number of para-hydroxylation sites is 1. The highest BCUT2D eigenvalue weighted by atomic mass is 32.2. The number of carbonyl (C=O) groups excluding carboxylic acids is 1. The third-order valence-electron chi connectivity index (χ3n) is 5.16. The third kappa shape index (κ3) is 5.16. The van der Waals surface area contributed by atoms with E-state index in [0.29, 0.717) is 11.1 Å².